The minimum absolute atomic E-state index is 0.342. The summed E-state index contributed by atoms with van der Waals surface area (Å²) in [6, 6.07) is 9.15. The second-order valence-corrected chi connectivity index (χ2v) is 7.22. The summed E-state index contributed by atoms with van der Waals surface area (Å²) in [5, 5.41) is 8.18. The number of benzene rings is 2. The van der Waals surface area contributed by atoms with Gasteiger partial charge in [0.2, 0.25) is 0 Å². The van der Waals surface area contributed by atoms with Crippen LogP contribution in [-0.2, 0) is 13.2 Å². The first-order chi connectivity index (χ1) is 13.0. The molecule has 0 amide bonds. The summed E-state index contributed by atoms with van der Waals surface area (Å²) < 4.78 is 11.7. The van der Waals surface area contributed by atoms with E-state index in [-0.39, 0.29) is 0 Å². The highest BCUT2D eigenvalue weighted by atomic mass is 35.5. The van der Waals surface area contributed by atoms with E-state index >= 15 is 0 Å². The van der Waals surface area contributed by atoms with Crippen LogP contribution in [0, 0.1) is 0 Å². The van der Waals surface area contributed by atoms with Gasteiger partial charge in [-0.3, -0.25) is 0 Å². The summed E-state index contributed by atoms with van der Waals surface area (Å²) in [7, 11) is 1.95. The van der Waals surface area contributed by atoms with Crippen LogP contribution in [0.1, 0.15) is 24.5 Å². The Morgan fingerprint density at radius 1 is 0.889 bits per heavy atom. The lowest BCUT2D eigenvalue weighted by Gasteiger charge is -2.15. The summed E-state index contributed by atoms with van der Waals surface area (Å²) in [4.78, 5) is 0. The summed E-state index contributed by atoms with van der Waals surface area (Å²) >= 11 is 18.5. The third-order valence-corrected chi connectivity index (χ3v) is 4.98. The predicted octanol–water partition coefficient (Wildman–Crippen LogP) is 5.32. The molecule has 4 nitrogen and oxygen atoms in total. The zero-order valence-electron chi connectivity index (χ0n) is 15.6. The second-order valence-electron chi connectivity index (χ2n) is 5.99. The van der Waals surface area contributed by atoms with Gasteiger partial charge in [0.25, 0.3) is 0 Å². The van der Waals surface area contributed by atoms with Gasteiger partial charge in [0, 0.05) is 17.6 Å². The number of halogens is 3. The van der Waals surface area contributed by atoms with Gasteiger partial charge in [-0.15, -0.1) is 0 Å². The van der Waals surface area contributed by atoms with E-state index in [9.17, 15) is 0 Å². The van der Waals surface area contributed by atoms with E-state index in [1.54, 1.807) is 18.2 Å². The van der Waals surface area contributed by atoms with Crippen molar-refractivity contribution in [2.45, 2.75) is 26.5 Å². The van der Waals surface area contributed by atoms with Gasteiger partial charge in [-0.1, -0.05) is 40.9 Å². The predicted molar refractivity (Wildman–Crippen MR) is 114 cm³/mol. The molecule has 7 heteroatoms. The highest BCUT2D eigenvalue weighted by Gasteiger charge is 2.12. The largest absolute Gasteiger partial charge is 0.490 e. The van der Waals surface area contributed by atoms with Crippen LogP contribution in [0.3, 0.4) is 0 Å². The van der Waals surface area contributed by atoms with E-state index < -0.39 is 0 Å². The van der Waals surface area contributed by atoms with Gasteiger partial charge in [-0.25, -0.2) is 0 Å². The molecule has 2 rings (SSSR count). The molecule has 0 radical (unpaired) electrons. The molecule has 0 aromatic heterocycles. The first kappa shape index (κ1) is 22.1. The fourth-order valence-electron chi connectivity index (χ4n) is 2.50. The maximum Gasteiger partial charge on any atom is 0.163 e. The molecular weight excluding hydrogens is 407 g/mol. The van der Waals surface area contributed by atoms with Crippen molar-refractivity contribution in [3.63, 3.8) is 0 Å². The lowest BCUT2D eigenvalue weighted by atomic mass is 10.2. The van der Waals surface area contributed by atoms with Gasteiger partial charge in [-0.2, -0.15) is 0 Å². The van der Waals surface area contributed by atoms with E-state index in [2.05, 4.69) is 10.6 Å². The van der Waals surface area contributed by atoms with Crippen molar-refractivity contribution in [1.82, 2.24) is 10.6 Å². The SMILES string of the molecule is CCOc1cc(CNCCCNC)c(Cl)cc1OCc1ccc(Cl)c(Cl)c1. The molecule has 2 aromatic carbocycles. The third kappa shape index (κ3) is 7.05. The Bertz CT molecular complexity index is 741. The molecule has 0 aliphatic rings. The molecule has 0 spiro atoms. The van der Waals surface area contributed by atoms with E-state index in [0.717, 1.165) is 30.6 Å². The quantitative estimate of drug-likeness (QED) is 0.472. The maximum atomic E-state index is 6.44. The summed E-state index contributed by atoms with van der Waals surface area (Å²) in [6.07, 6.45) is 1.05. The van der Waals surface area contributed by atoms with Gasteiger partial charge in [-0.05, 0) is 62.8 Å². The monoisotopic (exact) mass is 430 g/mol. The second kappa shape index (κ2) is 11.6. The fourth-order valence-corrected chi connectivity index (χ4v) is 3.04. The number of hydrogen-bond acceptors (Lipinski definition) is 4. The lowest BCUT2D eigenvalue weighted by molar-refractivity contribution is 0.269. The Morgan fingerprint density at radius 3 is 2.37 bits per heavy atom. The molecule has 0 bridgehead atoms. The molecule has 0 saturated heterocycles. The number of hydrogen-bond donors (Lipinski definition) is 2. The van der Waals surface area contributed by atoms with Crippen molar-refractivity contribution in [2.75, 3.05) is 26.7 Å². The van der Waals surface area contributed by atoms with Gasteiger partial charge in [0.1, 0.15) is 6.61 Å². The Hall–Kier alpha value is -1.17. The Morgan fingerprint density at radius 2 is 1.67 bits per heavy atom. The van der Waals surface area contributed by atoms with Gasteiger partial charge in [0.15, 0.2) is 11.5 Å². The maximum absolute atomic E-state index is 6.44. The summed E-state index contributed by atoms with van der Waals surface area (Å²) in [6.45, 7) is 5.39. The van der Waals surface area contributed by atoms with Crippen LogP contribution >= 0.6 is 34.8 Å². The molecule has 0 heterocycles. The van der Waals surface area contributed by atoms with Gasteiger partial charge in [0.05, 0.1) is 16.7 Å². The van der Waals surface area contributed by atoms with E-state index in [0.29, 0.717) is 46.3 Å². The molecule has 0 atom stereocenters. The van der Waals surface area contributed by atoms with Crippen molar-refractivity contribution in [1.29, 1.82) is 0 Å². The minimum atomic E-state index is 0.342. The molecule has 0 aliphatic carbocycles. The smallest absolute Gasteiger partial charge is 0.163 e. The van der Waals surface area contributed by atoms with E-state index in [1.807, 2.05) is 26.1 Å². The molecule has 27 heavy (non-hydrogen) atoms. The van der Waals surface area contributed by atoms with Crippen molar-refractivity contribution in [3.05, 3.63) is 56.5 Å². The number of nitrogens with one attached hydrogen (secondary N) is 2. The number of ether oxygens (including phenoxy) is 2. The zero-order valence-corrected chi connectivity index (χ0v) is 17.8. The molecule has 148 valence electrons. The molecule has 0 aliphatic heterocycles. The van der Waals surface area contributed by atoms with E-state index in [1.165, 1.54) is 0 Å². The average molecular weight is 432 g/mol. The zero-order chi connectivity index (χ0) is 19.6. The Balaban J connectivity index is 2.06. The van der Waals surface area contributed by atoms with Crippen LogP contribution in [0.5, 0.6) is 11.5 Å². The standard InChI is InChI=1S/C20H25Cl3N2O2/c1-3-26-19-10-15(12-25-8-4-7-24-2)17(22)11-20(19)27-13-14-5-6-16(21)18(23)9-14/h5-6,9-11,24-25H,3-4,7-8,12-13H2,1-2H3. The van der Waals surface area contributed by atoms with Crippen molar-refractivity contribution >= 4 is 34.8 Å². The topological polar surface area (TPSA) is 42.5 Å². The Kier molecular flexibility index (Phi) is 9.52. The summed E-state index contributed by atoms with van der Waals surface area (Å²) in [5.74, 6) is 1.28. The fraction of sp³-hybridized carbons (Fsp3) is 0.400. The Labute approximate surface area is 176 Å². The van der Waals surface area contributed by atoms with Crippen molar-refractivity contribution in [2.24, 2.45) is 0 Å². The lowest BCUT2D eigenvalue weighted by Crippen LogP contribution is -2.19. The highest BCUT2D eigenvalue weighted by Crippen LogP contribution is 2.34. The molecule has 0 unspecified atom stereocenters. The summed E-state index contributed by atoms with van der Waals surface area (Å²) in [5.41, 5.74) is 1.89. The van der Waals surface area contributed by atoms with Crippen LogP contribution < -0.4 is 20.1 Å². The van der Waals surface area contributed by atoms with Gasteiger partial charge < -0.3 is 20.1 Å². The van der Waals surface area contributed by atoms with Gasteiger partial charge >= 0.3 is 0 Å². The molecular formula is C20H25Cl3N2O2. The van der Waals surface area contributed by atoms with Crippen LogP contribution in [0.2, 0.25) is 15.1 Å². The first-order valence-corrected chi connectivity index (χ1v) is 10.1. The average Bonchev–Trinajstić information content (AvgIpc) is 2.65. The molecule has 0 saturated carbocycles. The van der Waals surface area contributed by atoms with Crippen molar-refractivity contribution in [3.8, 4) is 11.5 Å². The third-order valence-electron chi connectivity index (χ3n) is 3.89. The van der Waals surface area contributed by atoms with Crippen LogP contribution in [0.25, 0.3) is 0 Å². The van der Waals surface area contributed by atoms with Crippen LogP contribution in [0.4, 0.5) is 0 Å². The van der Waals surface area contributed by atoms with Crippen LogP contribution in [-0.4, -0.2) is 26.7 Å². The van der Waals surface area contributed by atoms with Crippen molar-refractivity contribution < 1.29 is 9.47 Å². The molecule has 0 fully saturated rings. The minimum Gasteiger partial charge on any atom is -0.490 e. The van der Waals surface area contributed by atoms with E-state index in [4.69, 9.17) is 44.3 Å². The number of rotatable bonds is 11. The normalized spacial score (nSPS) is 10.9. The highest BCUT2D eigenvalue weighted by molar-refractivity contribution is 6.42. The van der Waals surface area contributed by atoms with Crippen LogP contribution in [0.15, 0.2) is 30.3 Å². The molecule has 2 N–H and O–H groups in total. The first-order valence-electron chi connectivity index (χ1n) is 8.92. The molecule has 2 aromatic rings.